The number of anilines is 1. The number of nitrogens with one attached hydrogen (secondary N) is 1. The fraction of sp³-hybridized carbons (Fsp3) is 0.0667. The number of nitrogens with zero attached hydrogens (tertiary/aromatic N) is 2. The van der Waals surface area contributed by atoms with Gasteiger partial charge in [0.25, 0.3) is 0 Å². The highest BCUT2D eigenvalue weighted by Gasteiger charge is 2.15. The van der Waals surface area contributed by atoms with Gasteiger partial charge in [-0.1, -0.05) is 63.1 Å². The van der Waals surface area contributed by atoms with Gasteiger partial charge in [0.15, 0.2) is 0 Å². The lowest BCUT2D eigenvalue weighted by Crippen LogP contribution is -2.14. The zero-order valence-electron chi connectivity index (χ0n) is 12.1. The van der Waals surface area contributed by atoms with E-state index in [1.807, 2.05) is 12.1 Å². The average molecular weight is 445 g/mol. The summed E-state index contributed by atoms with van der Waals surface area (Å²) in [4.78, 5) is 0. The highest BCUT2D eigenvalue weighted by molar-refractivity contribution is 9.10. The number of hydrogen-bond donors (Lipinski definition) is 1. The molecule has 1 heterocycles. The molecule has 1 N–H and O–H groups in total. The summed E-state index contributed by atoms with van der Waals surface area (Å²) in [5, 5.41) is 9.38. The first-order chi connectivity index (χ1) is 11.4. The van der Waals surface area contributed by atoms with Crippen LogP contribution in [-0.2, 0) is 15.8 Å². The first-order valence-electron chi connectivity index (χ1n) is 6.76. The van der Waals surface area contributed by atoms with Gasteiger partial charge in [-0.15, -0.1) is 10.2 Å². The molecule has 24 heavy (non-hydrogen) atoms. The first kappa shape index (κ1) is 17.3. The predicted molar refractivity (Wildman–Crippen MR) is 101 cm³/mol. The molecule has 0 aliphatic heterocycles. The maximum Gasteiger partial charge on any atom is 0.238 e. The molecule has 0 radical (unpaired) electrons. The van der Waals surface area contributed by atoms with Gasteiger partial charge in [0.05, 0.1) is 5.75 Å². The molecular weight excluding hydrogens is 434 g/mol. The van der Waals surface area contributed by atoms with Crippen molar-refractivity contribution in [3.05, 3.63) is 63.6 Å². The van der Waals surface area contributed by atoms with E-state index in [2.05, 4.69) is 30.8 Å². The Bertz CT molecular complexity index is 942. The molecule has 0 saturated heterocycles. The fourth-order valence-electron chi connectivity index (χ4n) is 1.94. The predicted octanol–water partition coefficient (Wildman–Crippen LogP) is 4.56. The average Bonchev–Trinajstić information content (AvgIpc) is 2.98. The Hall–Kier alpha value is -1.48. The largest absolute Gasteiger partial charge is 0.257 e. The van der Waals surface area contributed by atoms with Crippen molar-refractivity contribution >= 4 is 54.0 Å². The second-order valence-electron chi connectivity index (χ2n) is 4.91. The van der Waals surface area contributed by atoms with Crippen LogP contribution < -0.4 is 4.72 Å². The lowest BCUT2D eigenvalue weighted by molar-refractivity contribution is 0.600. The summed E-state index contributed by atoms with van der Waals surface area (Å²) < 4.78 is 27.8. The minimum absolute atomic E-state index is 0.129. The molecule has 0 unspecified atom stereocenters. The van der Waals surface area contributed by atoms with E-state index in [1.54, 1.807) is 36.4 Å². The summed E-state index contributed by atoms with van der Waals surface area (Å²) >= 11 is 10.3. The van der Waals surface area contributed by atoms with Gasteiger partial charge in [0.2, 0.25) is 15.2 Å². The van der Waals surface area contributed by atoms with Crippen molar-refractivity contribution in [3.8, 4) is 10.6 Å². The summed E-state index contributed by atoms with van der Waals surface area (Å²) in [6.07, 6.45) is 0. The van der Waals surface area contributed by atoms with Gasteiger partial charge >= 0.3 is 0 Å². The Morgan fingerprint density at radius 2 is 1.71 bits per heavy atom. The van der Waals surface area contributed by atoms with Gasteiger partial charge in [-0.05, 0) is 29.8 Å². The normalized spacial score (nSPS) is 11.4. The smallest absolute Gasteiger partial charge is 0.238 e. The van der Waals surface area contributed by atoms with Crippen LogP contribution in [0.4, 0.5) is 5.13 Å². The summed E-state index contributed by atoms with van der Waals surface area (Å²) in [5.74, 6) is -0.129. The van der Waals surface area contributed by atoms with Crippen LogP contribution in [0.25, 0.3) is 10.6 Å². The van der Waals surface area contributed by atoms with Gasteiger partial charge in [0.1, 0.15) is 5.01 Å². The van der Waals surface area contributed by atoms with Crippen LogP contribution in [0.5, 0.6) is 0 Å². The molecule has 2 aromatic carbocycles. The molecule has 3 rings (SSSR count). The topological polar surface area (TPSA) is 72.0 Å². The summed E-state index contributed by atoms with van der Waals surface area (Å²) in [6.45, 7) is 0. The number of rotatable bonds is 5. The summed E-state index contributed by atoms with van der Waals surface area (Å²) in [6, 6.07) is 14.2. The quantitative estimate of drug-likeness (QED) is 0.626. The van der Waals surface area contributed by atoms with E-state index in [0.29, 0.717) is 15.6 Å². The Morgan fingerprint density at radius 3 is 2.38 bits per heavy atom. The van der Waals surface area contributed by atoms with E-state index in [1.165, 1.54) is 11.3 Å². The third kappa shape index (κ3) is 4.54. The molecule has 0 amide bonds. The Morgan fingerprint density at radius 1 is 1.04 bits per heavy atom. The lowest BCUT2D eigenvalue weighted by Gasteiger charge is -2.04. The molecule has 0 saturated carbocycles. The van der Waals surface area contributed by atoms with Gasteiger partial charge < -0.3 is 0 Å². The standard InChI is InChI=1S/C15H11BrClN3O2S2/c16-12-5-1-10(2-6-12)9-24(21,22)20-15-19-18-14(23-15)11-3-7-13(17)8-4-11/h1-8H,9H2,(H,19,20). The van der Waals surface area contributed by atoms with Crippen molar-refractivity contribution < 1.29 is 8.42 Å². The third-order valence-corrected chi connectivity index (χ3v) is 6.04. The molecule has 0 aliphatic carbocycles. The SMILES string of the molecule is O=S(=O)(Cc1ccc(Br)cc1)Nc1nnc(-c2ccc(Cl)cc2)s1. The summed E-state index contributed by atoms with van der Waals surface area (Å²) in [5.41, 5.74) is 1.52. The van der Waals surface area contributed by atoms with Crippen LogP contribution in [0.3, 0.4) is 0 Å². The molecule has 124 valence electrons. The molecule has 0 spiro atoms. The van der Waals surface area contributed by atoms with Crippen LogP contribution in [-0.4, -0.2) is 18.6 Å². The maximum absolute atomic E-state index is 12.2. The second kappa shape index (κ2) is 7.18. The van der Waals surface area contributed by atoms with Crippen molar-refractivity contribution in [1.29, 1.82) is 0 Å². The van der Waals surface area contributed by atoms with Crippen LogP contribution in [0, 0.1) is 0 Å². The third-order valence-electron chi connectivity index (χ3n) is 3.03. The fourth-order valence-corrected chi connectivity index (χ4v) is 4.49. The van der Waals surface area contributed by atoms with Gasteiger partial charge in [-0.2, -0.15) is 0 Å². The number of benzene rings is 2. The molecule has 1 aromatic heterocycles. The Balaban J connectivity index is 1.73. The van der Waals surface area contributed by atoms with E-state index in [0.717, 1.165) is 10.0 Å². The molecule has 0 fully saturated rings. The number of halogens is 2. The van der Waals surface area contributed by atoms with Gasteiger partial charge in [0, 0.05) is 15.1 Å². The van der Waals surface area contributed by atoms with Crippen LogP contribution >= 0.6 is 38.9 Å². The van der Waals surface area contributed by atoms with Crippen molar-refractivity contribution in [2.75, 3.05) is 4.72 Å². The zero-order chi connectivity index (χ0) is 17.2. The van der Waals surface area contributed by atoms with Crippen LogP contribution in [0.2, 0.25) is 5.02 Å². The Kier molecular flexibility index (Phi) is 5.19. The zero-order valence-corrected chi connectivity index (χ0v) is 16.1. The number of hydrogen-bond acceptors (Lipinski definition) is 5. The van der Waals surface area contributed by atoms with Gasteiger partial charge in [-0.3, -0.25) is 4.72 Å². The molecule has 0 atom stereocenters. The van der Waals surface area contributed by atoms with E-state index in [9.17, 15) is 8.42 Å². The van der Waals surface area contributed by atoms with E-state index in [4.69, 9.17) is 11.6 Å². The van der Waals surface area contributed by atoms with Crippen molar-refractivity contribution in [2.24, 2.45) is 0 Å². The van der Waals surface area contributed by atoms with Gasteiger partial charge in [-0.25, -0.2) is 8.42 Å². The Labute approximate surface area is 156 Å². The first-order valence-corrected chi connectivity index (χ1v) is 10.4. The maximum atomic E-state index is 12.2. The molecule has 3 aromatic rings. The highest BCUT2D eigenvalue weighted by Crippen LogP contribution is 2.28. The van der Waals surface area contributed by atoms with E-state index in [-0.39, 0.29) is 10.9 Å². The molecule has 0 bridgehead atoms. The molecule has 5 nitrogen and oxygen atoms in total. The minimum atomic E-state index is -3.55. The molecule has 0 aliphatic rings. The van der Waals surface area contributed by atoms with E-state index >= 15 is 0 Å². The highest BCUT2D eigenvalue weighted by atomic mass is 79.9. The monoisotopic (exact) mass is 443 g/mol. The van der Waals surface area contributed by atoms with Crippen molar-refractivity contribution in [1.82, 2.24) is 10.2 Å². The summed E-state index contributed by atoms with van der Waals surface area (Å²) in [7, 11) is -3.55. The lowest BCUT2D eigenvalue weighted by atomic mass is 10.2. The number of aromatic nitrogens is 2. The van der Waals surface area contributed by atoms with Crippen LogP contribution in [0.15, 0.2) is 53.0 Å². The van der Waals surface area contributed by atoms with Crippen molar-refractivity contribution in [2.45, 2.75) is 5.75 Å². The second-order valence-corrected chi connectivity index (χ2v) is 8.96. The van der Waals surface area contributed by atoms with Crippen molar-refractivity contribution in [3.63, 3.8) is 0 Å². The number of sulfonamides is 1. The van der Waals surface area contributed by atoms with Crippen LogP contribution in [0.1, 0.15) is 5.56 Å². The molecule has 9 heteroatoms. The molecular formula is C15H11BrClN3O2S2. The minimum Gasteiger partial charge on any atom is -0.257 e. The van der Waals surface area contributed by atoms with E-state index < -0.39 is 10.0 Å².